The zero-order valence-electron chi connectivity index (χ0n) is 29.8. The van der Waals surface area contributed by atoms with E-state index in [1.807, 2.05) is 13.8 Å². The quantitative estimate of drug-likeness (QED) is 0.188. The maximum Gasteiger partial charge on any atom is 0.244 e. The molecule has 7 rings (SSSR count). The van der Waals surface area contributed by atoms with Crippen molar-refractivity contribution >= 4 is 42.3 Å². The van der Waals surface area contributed by atoms with E-state index in [9.17, 15) is 25.9 Å². The third-order valence-electron chi connectivity index (χ3n) is 8.58. The van der Waals surface area contributed by atoms with Crippen molar-refractivity contribution in [3.63, 3.8) is 0 Å². The van der Waals surface area contributed by atoms with E-state index >= 15 is 0 Å². The molecule has 2 aromatic heterocycles. The van der Waals surface area contributed by atoms with Crippen LogP contribution in [0.4, 0.5) is 0 Å². The number of aryl methyl sites for hydroxylation is 4. The molecule has 0 amide bonds. The number of hydrogen-bond donors (Lipinski definition) is 0. The topological polar surface area (TPSA) is 150 Å². The Labute approximate surface area is 305 Å². The smallest absolute Gasteiger partial charge is 0.244 e. The minimum atomic E-state index is -4.27. The Bertz CT molecular complexity index is 2190. The fourth-order valence-electron chi connectivity index (χ4n) is 5.78. The lowest BCUT2D eigenvalue weighted by Crippen LogP contribution is -2.37. The molecule has 4 aromatic carbocycles. The average molecular weight is 749 g/mol. The van der Waals surface area contributed by atoms with Gasteiger partial charge < -0.3 is 18.6 Å². The molecule has 276 valence electrons. The lowest BCUT2D eigenvalue weighted by Gasteiger charge is -2.05. The Balaban J connectivity index is 0.000000194. The van der Waals surface area contributed by atoms with Crippen LogP contribution in [0.15, 0.2) is 107 Å². The van der Waals surface area contributed by atoms with Crippen LogP contribution in [-0.4, -0.2) is 61.5 Å². The van der Waals surface area contributed by atoms with Crippen LogP contribution in [0.2, 0.25) is 0 Å². The summed E-state index contributed by atoms with van der Waals surface area (Å²) >= 11 is 0. The van der Waals surface area contributed by atoms with Crippen molar-refractivity contribution in [2.75, 3.05) is 26.4 Å². The standard InChI is InChI=1S/C24H30N4O2.2C7H8O3S/c1-19-3-5-21-23(15-19)27-9-13-30-14-10-28-18-26(8-12-29-11-7-25(21)17-27)22-6-4-20(2)16-24(22)28;2*1-6-2-4-7(5-3-6)11(8,9)10/h3-6,15-18H,7-14H2,1-2H3;2*2-5H,1H3,(H,8,9,10)/q+2;;/p-2. The van der Waals surface area contributed by atoms with E-state index in [-0.39, 0.29) is 9.79 Å². The number of benzene rings is 4. The van der Waals surface area contributed by atoms with Gasteiger partial charge in [0.15, 0.2) is 22.1 Å². The molecule has 4 bridgehead atoms. The molecule has 12 nitrogen and oxygen atoms in total. The molecular weight excluding hydrogens is 705 g/mol. The van der Waals surface area contributed by atoms with E-state index in [0.29, 0.717) is 26.4 Å². The van der Waals surface area contributed by atoms with Gasteiger partial charge in [0.25, 0.3) is 0 Å². The Morgan fingerprint density at radius 2 is 0.865 bits per heavy atom. The highest BCUT2D eigenvalue weighted by Crippen LogP contribution is 2.16. The monoisotopic (exact) mass is 748 g/mol. The zero-order chi connectivity index (χ0) is 37.5. The normalized spacial score (nSPS) is 14.3. The van der Waals surface area contributed by atoms with Gasteiger partial charge in [-0.05, 0) is 87.4 Å². The van der Waals surface area contributed by atoms with Crippen molar-refractivity contribution in [1.29, 1.82) is 0 Å². The number of hydrogen-bond acceptors (Lipinski definition) is 8. The van der Waals surface area contributed by atoms with Gasteiger partial charge in [0.2, 0.25) is 12.7 Å². The summed E-state index contributed by atoms with van der Waals surface area (Å²) in [4.78, 5) is -0.355. The van der Waals surface area contributed by atoms with E-state index in [4.69, 9.17) is 9.47 Å². The molecule has 1 aliphatic heterocycles. The molecule has 3 heterocycles. The van der Waals surface area contributed by atoms with E-state index in [1.165, 1.54) is 57.5 Å². The highest BCUT2D eigenvalue weighted by Gasteiger charge is 2.18. The molecule has 0 fully saturated rings. The fourth-order valence-corrected chi connectivity index (χ4v) is 6.72. The summed E-state index contributed by atoms with van der Waals surface area (Å²) in [5.74, 6) is 0. The summed E-state index contributed by atoms with van der Waals surface area (Å²) in [5.41, 5.74) is 9.43. The number of nitrogens with zero attached hydrogens (tertiary/aromatic N) is 4. The highest BCUT2D eigenvalue weighted by atomic mass is 32.2. The van der Waals surface area contributed by atoms with Crippen LogP contribution in [0.3, 0.4) is 0 Å². The molecule has 14 heteroatoms. The van der Waals surface area contributed by atoms with Gasteiger partial charge >= 0.3 is 0 Å². The fraction of sp³-hybridized carbons (Fsp3) is 0.316. The molecule has 0 saturated heterocycles. The van der Waals surface area contributed by atoms with Crippen LogP contribution in [0.25, 0.3) is 22.1 Å². The van der Waals surface area contributed by atoms with Crippen molar-refractivity contribution < 1.29 is 44.5 Å². The van der Waals surface area contributed by atoms with Crippen LogP contribution in [0.5, 0.6) is 0 Å². The Hall–Kier alpha value is -4.44. The summed E-state index contributed by atoms with van der Waals surface area (Å²) in [5, 5.41) is 0. The molecule has 6 aromatic rings. The largest absolute Gasteiger partial charge is 0.744 e. The minimum Gasteiger partial charge on any atom is -0.744 e. The van der Waals surface area contributed by atoms with Gasteiger partial charge in [0, 0.05) is 0 Å². The van der Waals surface area contributed by atoms with Crippen LogP contribution in [0, 0.1) is 27.7 Å². The van der Waals surface area contributed by atoms with E-state index < -0.39 is 20.2 Å². The van der Waals surface area contributed by atoms with Gasteiger partial charge in [-0.25, -0.2) is 35.1 Å². The van der Waals surface area contributed by atoms with Gasteiger partial charge in [0.05, 0.1) is 36.2 Å². The maximum absolute atomic E-state index is 10.4. The predicted octanol–water partition coefficient (Wildman–Crippen LogP) is 4.33. The summed E-state index contributed by atoms with van der Waals surface area (Å²) < 4.78 is 83.6. The molecular formula is C38H44N4O8S2. The van der Waals surface area contributed by atoms with E-state index in [2.05, 4.69) is 81.2 Å². The second-order valence-corrected chi connectivity index (χ2v) is 15.5. The lowest BCUT2D eigenvalue weighted by atomic mass is 10.2. The average Bonchev–Trinajstić information content (AvgIpc) is 3.60. The van der Waals surface area contributed by atoms with Gasteiger partial charge in [0.1, 0.15) is 46.4 Å². The Morgan fingerprint density at radius 1 is 0.519 bits per heavy atom. The number of fused-ring (bicyclic) bond motifs is 10. The molecule has 0 unspecified atom stereocenters. The van der Waals surface area contributed by atoms with Crippen molar-refractivity contribution in [2.45, 2.75) is 63.7 Å². The molecule has 0 spiro atoms. The first-order valence-electron chi connectivity index (χ1n) is 16.9. The minimum absolute atomic E-state index is 0.178. The van der Waals surface area contributed by atoms with Crippen LogP contribution in [0.1, 0.15) is 22.3 Å². The second-order valence-electron chi connectivity index (χ2n) is 12.7. The number of ether oxygens (including phenoxy) is 2. The summed E-state index contributed by atoms with van der Waals surface area (Å²) in [6.07, 6.45) is 4.40. The molecule has 0 saturated carbocycles. The molecule has 52 heavy (non-hydrogen) atoms. The molecule has 1 aliphatic rings. The number of rotatable bonds is 2. The number of imidazole rings is 2. The Kier molecular flexibility index (Phi) is 12.6. The van der Waals surface area contributed by atoms with Gasteiger partial charge in [-0.1, -0.05) is 47.5 Å². The third-order valence-corrected chi connectivity index (χ3v) is 10.3. The maximum atomic E-state index is 10.4. The second kappa shape index (κ2) is 16.9. The summed E-state index contributed by atoms with van der Waals surface area (Å²) in [7, 11) is -8.54. The summed E-state index contributed by atoms with van der Waals surface area (Å²) in [6.45, 7) is 14.1. The Morgan fingerprint density at radius 3 is 1.23 bits per heavy atom. The first-order chi connectivity index (χ1) is 24.7. The van der Waals surface area contributed by atoms with Gasteiger partial charge in [-0.3, -0.25) is 0 Å². The van der Waals surface area contributed by atoms with Gasteiger partial charge in [-0.2, -0.15) is 0 Å². The lowest BCUT2D eigenvalue weighted by molar-refractivity contribution is -0.681. The molecule has 0 atom stereocenters. The molecule has 0 aliphatic carbocycles. The molecule has 0 radical (unpaired) electrons. The van der Waals surface area contributed by atoms with Crippen LogP contribution >= 0.6 is 0 Å². The zero-order valence-corrected chi connectivity index (χ0v) is 31.4. The van der Waals surface area contributed by atoms with Crippen molar-refractivity contribution in [2.24, 2.45) is 0 Å². The van der Waals surface area contributed by atoms with Crippen LogP contribution in [-0.2, 0) is 55.9 Å². The van der Waals surface area contributed by atoms with E-state index in [0.717, 1.165) is 37.3 Å². The number of aromatic nitrogens is 4. The SMILES string of the molecule is Cc1ccc(S(=O)(=O)[O-])cc1.Cc1ccc(S(=O)(=O)[O-])cc1.Cc1ccc2c(c1)n1c[n+]2CCOCC[n+]2cn(c3cc(C)ccc32)CCOCC1. The first-order valence-corrected chi connectivity index (χ1v) is 19.7. The van der Waals surface area contributed by atoms with Gasteiger partial charge in [-0.15, -0.1) is 0 Å². The summed E-state index contributed by atoms with van der Waals surface area (Å²) in [6, 6.07) is 24.9. The molecule has 0 N–H and O–H groups in total. The van der Waals surface area contributed by atoms with E-state index in [1.54, 1.807) is 24.3 Å². The van der Waals surface area contributed by atoms with Crippen molar-refractivity contribution in [3.8, 4) is 0 Å². The first kappa shape index (κ1) is 38.8. The van der Waals surface area contributed by atoms with Crippen molar-refractivity contribution in [1.82, 2.24) is 9.13 Å². The van der Waals surface area contributed by atoms with Crippen LogP contribution < -0.4 is 9.13 Å². The highest BCUT2D eigenvalue weighted by molar-refractivity contribution is 7.86. The predicted molar refractivity (Wildman–Crippen MR) is 194 cm³/mol. The third kappa shape index (κ3) is 10.3. The van der Waals surface area contributed by atoms with Crippen molar-refractivity contribution in [3.05, 3.63) is 120 Å².